The first-order valence-corrected chi connectivity index (χ1v) is 6.43. The van der Waals surface area contributed by atoms with Crippen LogP contribution in [0.4, 0.5) is 5.82 Å². The lowest BCUT2D eigenvalue weighted by Crippen LogP contribution is -2.07. The molecular weight excluding hydrogens is 236 g/mol. The van der Waals surface area contributed by atoms with Crippen molar-refractivity contribution in [3.05, 3.63) is 48.0 Å². The molecule has 0 aliphatic carbocycles. The van der Waals surface area contributed by atoms with Crippen molar-refractivity contribution in [3.63, 3.8) is 0 Å². The predicted molar refractivity (Wildman–Crippen MR) is 79.6 cm³/mol. The quantitative estimate of drug-likeness (QED) is 0.704. The molecule has 0 aliphatic heterocycles. The first-order valence-electron chi connectivity index (χ1n) is 6.43. The van der Waals surface area contributed by atoms with Gasteiger partial charge in [-0.1, -0.05) is 30.3 Å². The maximum Gasteiger partial charge on any atom is 0.127 e. The Hall–Kier alpha value is -2.13. The van der Waals surface area contributed by atoms with Gasteiger partial charge in [0.25, 0.3) is 0 Å². The van der Waals surface area contributed by atoms with Crippen LogP contribution in [-0.4, -0.2) is 23.2 Å². The van der Waals surface area contributed by atoms with Gasteiger partial charge in [0, 0.05) is 11.9 Å². The minimum atomic E-state index is 0.108. The second-order valence-electron chi connectivity index (χ2n) is 4.66. The van der Waals surface area contributed by atoms with Crippen molar-refractivity contribution in [2.45, 2.75) is 6.92 Å². The summed E-state index contributed by atoms with van der Waals surface area (Å²) in [6, 6.07) is 14.5. The monoisotopic (exact) mass is 252 g/mol. The van der Waals surface area contributed by atoms with E-state index in [9.17, 15) is 0 Å². The summed E-state index contributed by atoms with van der Waals surface area (Å²) in [4.78, 5) is 4.60. The fourth-order valence-electron chi connectivity index (χ4n) is 2.48. The molecule has 0 saturated carbocycles. The SMILES string of the molecule is Cc1cc(NCCO)nc2ccc3ccccc3c12. The second kappa shape index (κ2) is 4.86. The third-order valence-electron chi connectivity index (χ3n) is 3.31. The average molecular weight is 252 g/mol. The molecular formula is C16H16N2O. The van der Waals surface area contributed by atoms with Crippen LogP contribution >= 0.6 is 0 Å². The van der Waals surface area contributed by atoms with E-state index in [0.717, 1.165) is 11.3 Å². The third-order valence-corrected chi connectivity index (χ3v) is 3.31. The molecule has 2 aromatic carbocycles. The molecule has 0 atom stereocenters. The summed E-state index contributed by atoms with van der Waals surface area (Å²) in [7, 11) is 0. The van der Waals surface area contributed by atoms with Crippen molar-refractivity contribution in [1.29, 1.82) is 0 Å². The molecule has 0 amide bonds. The number of fused-ring (bicyclic) bond motifs is 3. The lowest BCUT2D eigenvalue weighted by Gasteiger charge is -2.10. The minimum Gasteiger partial charge on any atom is -0.395 e. The maximum atomic E-state index is 8.86. The Labute approximate surface area is 111 Å². The lowest BCUT2D eigenvalue weighted by atomic mass is 10.0. The van der Waals surface area contributed by atoms with E-state index in [1.165, 1.54) is 21.7 Å². The van der Waals surface area contributed by atoms with Gasteiger partial charge in [0.05, 0.1) is 12.1 Å². The number of pyridine rings is 1. The summed E-state index contributed by atoms with van der Waals surface area (Å²) in [5.41, 5.74) is 2.18. The van der Waals surface area contributed by atoms with Crippen LogP contribution in [0.15, 0.2) is 42.5 Å². The van der Waals surface area contributed by atoms with E-state index in [-0.39, 0.29) is 6.61 Å². The Morgan fingerprint density at radius 2 is 2.00 bits per heavy atom. The Bertz CT molecular complexity index is 737. The molecule has 1 heterocycles. The molecule has 96 valence electrons. The molecule has 3 rings (SSSR count). The fraction of sp³-hybridized carbons (Fsp3) is 0.188. The van der Waals surface area contributed by atoms with Gasteiger partial charge in [0.2, 0.25) is 0 Å². The summed E-state index contributed by atoms with van der Waals surface area (Å²) in [6.07, 6.45) is 0. The summed E-state index contributed by atoms with van der Waals surface area (Å²) < 4.78 is 0. The number of aromatic nitrogens is 1. The number of aliphatic hydroxyl groups excluding tert-OH is 1. The van der Waals surface area contributed by atoms with Gasteiger partial charge >= 0.3 is 0 Å². The second-order valence-corrected chi connectivity index (χ2v) is 4.66. The average Bonchev–Trinajstić information content (AvgIpc) is 2.44. The lowest BCUT2D eigenvalue weighted by molar-refractivity contribution is 0.311. The van der Waals surface area contributed by atoms with Crippen molar-refractivity contribution >= 4 is 27.5 Å². The smallest absolute Gasteiger partial charge is 0.127 e. The largest absolute Gasteiger partial charge is 0.395 e. The molecule has 2 N–H and O–H groups in total. The number of benzene rings is 2. The molecule has 0 fully saturated rings. The van der Waals surface area contributed by atoms with Crippen LogP contribution in [0.1, 0.15) is 5.56 Å². The number of anilines is 1. The highest BCUT2D eigenvalue weighted by molar-refractivity contribution is 6.08. The maximum absolute atomic E-state index is 8.86. The van der Waals surface area contributed by atoms with Gasteiger partial charge in [-0.2, -0.15) is 0 Å². The zero-order chi connectivity index (χ0) is 13.2. The molecule has 0 unspecified atom stereocenters. The topological polar surface area (TPSA) is 45.1 Å². The Morgan fingerprint density at radius 1 is 1.16 bits per heavy atom. The van der Waals surface area contributed by atoms with Crippen LogP contribution in [0.5, 0.6) is 0 Å². The van der Waals surface area contributed by atoms with Gasteiger partial charge in [-0.15, -0.1) is 0 Å². The van der Waals surface area contributed by atoms with E-state index in [0.29, 0.717) is 6.54 Å². The van der Waals surface area contributed by atoms with E-state index in [1.807, 2.05) is 12.1 Å². The van der Waals surface area contributed by atoms with Crippen LogP contribution in [0, 0.1) is 6.92 Å². The van der Waals surface area contributed by atoms with Crippen LogP contribution < -0.4 is 5.32 Å². The number of hydrogen-bond acceptors (Lipinski definition) is 3. The number of rotatable bonds is 3. The van der Waals surface area contributed by atoms with Crippen LogP contribution in [0.2, 0.25) is 0 Å². The number of nitrogens with one attached hydrogen (secondary N) is 1. The zero-order valence-corrected chi connectivity index (χ0v) is 10.9. The van der Waals surface area contributed by atoms with Gasteiger partial charge < -0.3 is 10.4 Å². The first-order chi connectivity index (χ1) is 9.29. The molecule has 3 aromatic rings. The molecule has 0 spiro atoms. The highest BCUT2D eigenvalue weighted by atomic mass is 16.3. The number of hydrogen-bond donors (Lipinski definition) is 2. The van der Waals surface area contributed by atoms with Gasteiger partial charge in [0.1, 0.15) is 5.82 Å². The summed E-state index contributed by atoms with van der Waals surface area (Å²) in [5, 5.41) is 15.6. The van der Waals surface area contributed by atoms with Gasteiger partial charge in [-0.3, -0.25) is 0 Å². The van der Waals surface area contributed by atoms with Crippen LogP contribution in [0.25, 0.3) is 21.7 Å². The molecule has 3 heteroatoms. The molecule has 3 nitrogen and oxygen atoms in total. The molecule has 0 aliphatic rings. The van der Waals surface area contributed by atoms with Crippen molar-refractivity contribution in [2.24, 2.45) is 0 Å². The highest BCUT2D eigenvalue weighted by Gasteiger charge is 2.06. The first kappa shape index (κ1) is 11.9. The molecule has 0 saturated heterocycles. The van der Waals surface area contributed by atoms with Crippen molar-refractivity contribution in [1.82, 2.24) is 4.98 Å². The minimum absolute atomic E-state index is 0.108. The zero-order valence-electron chi connectivity index (χ0n) is 10.9. The van der Waals surface area contributed by atoms with E-state index < -0.39 is 0 Å². The Morgan fingerprint density at radius 3 is 2.84 bits per heavy atom. The molecule has 1 aromatic heterocycles. The van der Waals surface area contributed by atoms with Crippen molar-refractivity contribution < 1.29 is 5.11 Å². The number of nitrogens with zero attached hydrogens (tertiary/aromatic N) is 1. The summed E-state index contributed by atoms with van der Waals surface area (Å²) >= 11 is 0. The van der Waals surface area contributed by atoms with E-state index in [2.05, 4.69) is 47.6 Å². The van der Waals surface area contributed by atoms with E-state index in [1.54, 1.807) is 0 Å². The van der Waals surface area contributed by atoms with Gasteiger partial charge in [0.15, 0.2) is 0 Å². The van der Waals surface area contributed by atoms with E-state index in [4.69, 9.17) is 5.11 Å². The van der Waals surface area contributed by atoms with Crippen molar-refractivity contribution in [3.8, 4) is 0 Å². The Balaban J connectivity index is 2.24. The number of aryl methyl sites for hydroxylation is 1. The normalized spacial score (nSPS) is 11.1. The summed E-state index contributed by atoms with van der Waals surface area (Å²) in [5.74, 6) is 0.814. The Kier molecular flexibility index (Phi) is 3.05. The third kappa shape index (κ3) is 2.13. The van der Waals surface area contributed by atoms with Crippen LogP contribution in [-0.2, 0) is 0 Å². The van der Waals surface area contributed by atoms with Crippen molar-refractivity contribution in [2.75, 3.05) is 18.5 Å². The fourth-order valence-corrected chi connectivity index (χ4v) is 2.48. The molecule has 19 heavy (non-hydrogen) atoms. The summed E-state index contributed by atoms with van der Waals surface area (Å²) in [6.45, 7) is 2.72. The van der Waals surface area contributed by atoms with Gasteiger partial charge in [-0.05, 0) is 35.4 Å². The molecule has 0 radical (unpaired) electrons. The van der Waals surface area contributed by atoms with Crippen LogP contribution in [0.3, 0.4) is 0 Å². The van der Waals surface area contributed by atoms with E-state index >= 15 is 0 Å². The molecule has 0 bridgehead atoms. The van der Waals surface area contributed by atoms with Gasteiger partial charge in [-0.25, -0.2) is 4.98 Å². The number of aliphatic hydroxyl groups is 1. The highest BCUT2D eigenvalue weighted by Crippen LogP contribution is 2.28. The predicted octanol–water partition coefficient (Wildman–Crippen LogP) is 3.10. The standard InChI is InChI=1S/C16H16N2O/c1-11-10-15(17-8-9-19)18-14-7-6-12-4-2-3-5-13(12)16(11)14/h2-7,10,19H,8-9H2,1H3,(H,17,18).